The topological polar surface area (TPSA) is 103 Å². The Morgan fingerprint density at radius 2 is 1.81 bits per heavy atom. The van der Waals surface area contributed by atoms with Crippen LogP contribution in [0.5, 0.6) is 5.75 Å². The number of ether oxygens (including phenoxy) is 2. The second kappa shape index (κ2) is 8.24. The number of nitro benzene ring substituents is 1. The van der Waals surface area contributed by atoms with E-state index in [0.717, 1.165) is 11.1 Å². The second-order valence-electron chi connectivity index (χ2n) is 8.46. The average Bonchev–Trinajstić information content (AvgIpc) is 2.71. The monoisotopic (exact) mass is 443 g/mol. The zero-order chi connectivity index (χ0) is 23.0. The number of fused-ring (bicyclic) bond motifs is 1. The zero-order valence-corrected chi connectivity index (χ0v) is 18.9. The lowest BCUT2D eigenvalue weighted by molar-refractivity contribution is -0.384. The van der Waals surface area contributed by atoms with Crippen LogP contribution in [0.3, 0.4) is 0 Å². The van der Waals surface area contributed by atoms with Gasteiger partial charge in [0.15, 0.2) is 5.11 Å². The maximum Gasteiger partial charge on any atom is 0.269 e. The Morgan fingerprint density at radius 1 is 1.16 bits per heavy atom. The van der Waals surface area contributed by atoms with Crippen LogP contribution >= 0.6 is 12.2 Å². The molecule has 1 amide bonds. The van der Waals surface area contributed by atoms with Crippen LogP contribution < -0.4 is 15.4 Å². The maximum atomic E-state index is 12.5. The summed E-state index contributed by atoms with van der Waals surface area (Å²) in [5.41, 5.74) is 2.05. The molecular formula is C22H25N3O5S. The quantitative estimate of drug-likeness (QED) is 0.413. The number of methoxy groups -OCH3 is 1. The fraction of sp³-hybridized carbons (Fsp3) is 0.364. The highest BCUT2D eigenvalue weighted by molar-refractivity contribution is 7.80. The molecule has 1 aliphatic rings. The lowest BCUT2D eigenvalue weighted by atomic mass is 9.74. The summed E-state index contributed by atoms with van der Waals surface area (Å²) in [6.45, 7) is 8.67. The highest BCUT2D eigenvalue weighted by Gasteiger charge is 2.40. The van der Waals surface area contributed by atoms with Gasteiger partial charge in [-0.05, 0) is 55.4 Å². The third-order valence-electron chi connectivity index (χ3n) is 5.31. The molecule has 0 atom stereocenters. The molecule has 2 aromatic rings. The smallest absolute Gasteiger partial charge is 0.269 e. The molecule has 0 saturated carbocycles. The van der Waals surface area contributed by atoms with Gasteiger partial charge in [-0.25, -0.2) is 0 Å². The largest absolute Gasteiger partial charge is 0.495 e. The van der Waals surface area contributed by atoms with Gasteiger partial charge in [-0.1, -0.05) is 19.9 Å². The van der Waals surface area contributed by atoms with E-state index in [2.05, 4.69) is 24.5 Å². The fourth-order valence-corrected chi connectivity index (χ4v) is 3.84. The minimum absolute atomic E-state index is 0.0926. The van der Waals surface area contributed by atoms with Crippen LogP contribution in [-0.4, -0.2) is 29.7 Å². The summed E-state index contributed by atoms with van der Waals surface area (Å²) in [6, 6.07) is 9.13. The lowest BCUT2D eigenvalue weighted by Gasteiger charge is -2.43. The number of carbonyl (C=O) groups excluding carboxylic acids is 1. The standard InChI is InChI=1S/C22H25N3O5S/c1-21(2)12-30-22(3,4)15-10-11-16(29-5)18(17(15)21)23-20(31)24-19(26)13-6-8-14(9-7-13)25(27)28/h6-11H,12H2,1-5H3,(H2,23,24,26,31). The van der Waals surface area contributed by atoms with Crippen molar-refractivity contribution in [2.75, 3.05) is 19.0 Å². The number of nitro groups is 1. The van der Waals surface area contributed by atoms with Crippen molar-refractivity contribution in [3.63, 3.8) is 0 Å². The number of carbonyl (C=O) groups is 1. The molecule has 2 aromatic carbocycles. The van der Waals surface area contributed by atoms with Crippen LogP contribution in [0.2, 0.25) is 0 Å². The molecule has 0 unspecified atom stereocenters. The van der Waals surface area contributed by atoms with Crippen LogP contribution in [0.15, 0.2) is 36.4 Å². The molecule has 1 heterocycles. The number of hydrogen-bond donors (Lipinski definition) is 2. The Morgan fingerprint density at radius 3 is 2.39 bits per heavy atom. The third-order valence-corrected chi connectivity index (χ3v) is 5.52. The summed E-state index contributed by atoms with van der Waals surface area (Å²) in [6.07, 6.45) is 0. The first-order chi connectivity index (χ1) is 14.5. The zero-order valence-electron chi connectivity index (χ0n) is 18.1. The Balaban J connectivity index is 1.89. The van der Waals surface area contributed by atoms with Crippen molar-refractivity contribution in [3.05, 3.63) is 63.2 Å². The summed E-state index contributed by atoms with van der Waals surface area (Å²) in [5.74, 6) is 0.121. The second-order valence-corrected chi connectivity index (χ2v) is 8.87. The predicted octanol–water partition coefficient (Wildman–Crippen LogP) is 4.27. The summed E-state index contributed by atoms with van der Waals surface area (Å²) in [5, 5.41) is 16.6. The van der Waals surface area contributed by atoms with Gasteiger partial charge in [-0.2, -0.15) is 0 Å². The van der Waals surface area contributed by atoms with Crippen molar-refractivity contribution < 1.29 is 19.2 Å². The van der Waals surface area contributed by atoms with E-state index in [4.69, 9.17) is 21.7 Å². The van der Waals surface area contributed by atoms with Crippen molar-refractivity contribution in [2.24, 2.45) is 0 Å². The van der Waals surface area contributed by atoms with Crippen molar-refractivity contribution in [3.8, 4) is 5.75 Å². The first-order valence-electron chi connectivity index (χ1n) is 9.69. The Labute approximate surface area is 186 Å². The molecule has 0 aliphatic carbocycles. The molecule has 0 radical (unpaired) electrons. The normalized spacial score (nSPS) is 16.0. The number of nitrogens with zero attached hydrogens (tertiary/aromatic N) is 1. The number of nitrogens with one attached hydrogen (secondary N) is 2. The van der Waals surface area contributed by atoms with E-state index in [9.17, 15) is 14.9 Å². The molecule has 0 bridgehead atoms. The average molecular weight is 444 g/mol. The lowest BCUT2D eigenvalue weighted by Crippen LogP contribution is -2.41. The first-order valence-corrected chi connectivity index (χ1v) is 10.1. The van der Waals surface area contributed by atoms with Crippen molar-refractivity contribution in [1.29, 1.82) is 0 Å². The van der Waals surface area contributed by atoms with Gasteiger partial charge >= 0.3 is 0 Å². The maximum absolute atomic E-state index is 12.5. The molecule has 0 saturated heterocycles. The number of anilines is 1. The van der Waals surface area contributed by atoms with Crippen LogP contribution in [0.4, 0.5) is 11.4 Å². The van der Waals surface area contributed by atoms with Gasteiger partial charge in [-0.15, -0.1) is 0 Å². The Bertz CT molecular complexity index is 1050. The van der Waals surface area contributed by atoms with Gasteiger partial charge in [0.05, 0.1) is 29.9 Å². The van der Waals surface area contributed by atoms with Gasteiger partial charge in [0.2, 0.25) is 0 Å². The molecule has 1 aliphatic heterocycles. The minimum Gasteiger partial charge on any atom is -0.495 e. The number of hydrogen-bond acceptors (Lipinski definition) is 6. The summed E-state index contributed by atoms with van der Waals surface area (Å²) in [4.78, 5) is 22.8. The molecule has 164 valence electrons. The molecule has 2 N–H and O–H groups in total. The molecule has 31 heavy (non-hydrogen) atoms. The third kappa shape index (κ3) is 4.52. The van der Waals surface area contributed by atoms with Crippen molar-refractivity contribution in [2.45, 2.75) is 38.7 Å². The van der Waals surface area contributed by atoms with E-state index in [0.29, 0.717) is 18.0 Å². The molecular weight excluding hydrogens is 418 g/mol. The summed E-state index contributed by atoms with van der Waals surface area (Å²) >= 11 is 5.39. The minimum atomic E-state index is -0.522. The molecule has 8 nitrogen and oxygen atoms in total. The van der Waals surface area contributed by atoms with Crippen LogP contribution in [0, 0.1) is 10.1 Å². The van der Waals surface area contributed by atoms with Crippen LogP contribution in [0.1, 0.15) is 49.2 Å². The van der Waals surface area contributed by atoms with Crippen LogP contribution in [0.25, 0.3) is 0 Å². The SMILES string of the molecule is COc1ccc2c(c1NC(=S)NC(=O)c1ccc([N+](=O)[O-])cc1)C(C)(C)COC2(C)C. The number of non-ortho nitro benzene ring substituents is 1. The van der Waals surface area contributed by atoms with E-state index in [1.807, 2.05) is 26.0 Å². The number of rotatable bonds is 4. The van der Waals surface area contributed by atoms with E-state index in [-0.39, 0.29) is 21.8 Å². The van der Waals surface area contributed by atoms with Crippen molar-refractivity contribution >= 4 is 34.6 Å². The van der Waals surface area contributed by atoms with Gasteiger partial charge in [0, 0.05) is 23.1 Å². The first kappa shape index (κ1) is 22.6. The van der Waals surface area contributed by atoms with Crippen molar-refractivity contribution in [1.82, 2.24) is 5.32 Å². The molecule has 0 spiro atoms. The van der Waals surface area contributed by atoms with Gasteiger partial charge in [0.25, 0.3) is 11.6 Å². The van der Waals surface area contributed by atoms with E-state index >= 15 is 0 Å². The molecule has 9 heteroatoms. The van der Waals surface area contributed by atoms with Gasteiger partial charge in [-0.3, -0.25) is 20.2 Å². The predicted molar refractivity (Wildman–Crippen MR) is 122 cm³/mol. The summed E-state index contributed by atoms with van der Waals surface area (Å²) in [7, 11) is 1.57. The van der Waals surface area contributed by atoms with Gasteiger partial charge in [0.1, 0.15) is 5.75 Å². The van der Waals surface area contributed by atoms with E-state index < -0.39 is 16.4 Å². The molecule has 3 rings (SSSR count). The Hall–Kier alpha value is -3.04. The number of amides is 1. The van der Waals surface area contributed by atoms with Crippen LogP contribution in [-0.2, 0) is 15.8 Å². The summed E-state index contributed by atoms with van der Waals surface area (Å²) < 4.78 is 11.6. The van der Waals surface area contributed by atoms with E-state index in [1.165, 1.54) is 24.3 Å². The molecule has 0 fully saturated rings. The highest BCUT2D eigenvalue weighted by Crippen LogP contribution is 2.47. The number of thiocarbonyl (C=S) groups is 1. The Kier molecular flexibility index (Phi) is 6.02. The highest BCUT2D eigenvalue weighted by atomic mass is 32.1. The fourth-order valence-electron chi connectivity index (χ4n) is 3.65. The molecule has 0 aromatic heterocycles. The van der Waals surface area contributed by atoms with E-state index in [1.54, 1.807) is 7.11 Å². The number of benzene rings is 2. The van der Waals surface area contributed by atoms with Gasteiger partial charge < -0.3 is 14.8 Å².